The molecule has 33 heavy (non-hydrogen) atoms. The van der Waals surface area contributed by atoms with Crippen LogP contribution in [-0.4, -0.2) is 35.3 Å². The van der Waals surface area contributed by atoms with E-state index in [-0.39, 0.29) is 18.3 Å². The van der Waals surface area contributed by atoms with E-state index in [9.17, 15) is 18.8 Å². The van der Waals surface area contributed by atoms with Gasteiger partial charge in [0.2, 0.25) is 5.91 Å². The van der Waals surface area contributed by atoms with Crippen molar-refractivity contribution in [2.75, 3.05) is 6.61 Å². The van der Waals surface area contributed by atoms with Gasteiger partial charge in [-0.25, -0.2) is 4.39 Å². The van der Waals surface area contributed by atoms with Crippen molar-refractivity contribution in [2.45, 2.75) is 24.9 Å². The monoisotopic (exact) mass is 444 g/mol. The van der Waals surface area contributed by atoms with Gasteiger partial charge >= 0.3 is 0 Å². The van der Waals surface area contributed by atoms with Crippen molar-refractivity contribution >= 4 is 17.7 Å². The fourth-order valence-electron chi connectivity index (χ4n) is 4.45. The van der Waals surface area contributed by atoms with Crippen LogP contribution < -0.4 is 10.1 Å². The summed E-state index contributed by atoms with van der Waals surface area (Å²) in [6.07, 6.45) is 0. The fourth-order valence-corrected chi connectivity index (χ4v) is 4.45. The van der Waals surface area contributed by atoms with Crippen molar-refractivity contribution in [3.63, 3.8) is 0 Å². The van der Waals surface area contributed by atoms with E-state index in [1.807, 2.05) is 6.07 Å². The molecule has 0 aliphatic carbocycles. The van der Waals surface area contributed by atoms with Gasteiger partial charge in [-0.05, 0) is 42.8 Å². The lowest BCUT2D eigenvalue weighted by Gasteiger charge is -2.38. The maximum atomic E-state index is 13.3. The summed E-state index contributed by atoms with van der Waals surface area (Å²) in [5.74, 6) is -1.49. The Labute approximate surface area is 190 Å². The molecule has 0 radical (unpaired) electrons. The molecule has 7 heteroatoms. The summed E-state index contributed by atoms with van der Waals surface area (Å²) in [5.41, 5.74) is 1.99. The summed E-state index contributed by atoms with van der Waals surface area (Å²) in [6, 6.07) is 18.2. The second-order valence-corrected chi connectivity index (χ2v) is 8.21. The van der Waals surface area contributed by atoms with Gasteiger partial charge in [0.1, 0.15) is 18.2 Å². The highest BCUT2D eigenvalue weighted by Gasteiger charge is 2.46. The molecule has 5 rings (SSSR count). The molecule has 0 aromatic heterocycles. The second kappa shape index (κ2) is 8.16. The van der Waals surface area contributed by atoms with E-state index < -0.39 is 29.8 Å². The van der Waals surface area contributed by atoms with Crippen molar-refractivity contribution in [1.82, 2.24) is 10.2 Å². The van der Waals surface area contributed by atoms with Crippen LogP contribution in [0, 0.1) is 5.82 Å². The minimum atomic E-state index is -0.730. The second-order valence-electron chi connectivity index (χ2n) is 8.21. The Hall–Kier alpha value is -4.00. The number of carbonyl (C=O) groups excluding carboxylic acids is 3. The minimum absolute atomic E-state index is 0.0942. The summed E-state index contributed by atoms with van der Waals surface area (Å²) in [4.78, 5) is 40.8. The summed E-state index contributed by atoms with van der Waals surface area (Å²) in [7, 11) is 0. The number of nitrogens with zero attached hydrogens (tertiary/aromatic N) is 1. The minimum Gasteiger partial charge on any atom is -0.491 e. The summed E-state index contributed by atoms with van der Waals surface area (Å²) >= 11 is 0. The molecule has 2 aliphatic rings. The molecule has 3 atom stereocenters. The SMILES string of the molecule is CC(C(=O)N[C@@H]1COc2ccccc2[C@H]1N1C(=O)c2ccccc2C1=O)c1ccc(F)cc1. The van der Waals surface area contributed by atoms with E-state index in [1.54, 1.807) is 61.5 Å². The number of fused-ring (bicyclic) bond motifs is 2. The summed E-state index contributed by atoms with van der Waals surface area (Å²) < 4.78 is 19.2. The van der Waals surface area contributed by atoms with Crippen LogP contribution in [0.25, 0.3) is 0 Å². The third kappa shape index (κ3) is 3.55. The molecule has 0 fully saturated rings. The number of amides is 3. The molecule has 1 unspecified atom stereocenters. The first kappa shape index (κ1) is 20.9. The molecule has 3 aromatic rings. The maximum Gasteiger partial charge on any atom is 0.262 e. The smallest absolute Gasteiger partial charge is 0.262 e. The van der Waals surface area contributed by atoms with Gasteiger partial charge in [-0.3, -0.25) is 19.3 Å². The number of imide groups is 1. The van der Waals surface area contributed by atoms with Gasteiger partial charge in [0.15, 0.2) is 0 Å². The molecule has 0 spiro atoms. The van der Waals surface area contributed by atoms with E-state index in [0.717, 1.165) is 0 Å². The topological polar surface area (TPSA) is 75.7 Å². The molecule has 3 aromatic carbocycles. The lowest BCUT2D eigenvalue weighted by molar-refractivity contribution is -0.123. The van der Waals surface area contributed by atoms with Gasteiger partial charge in [0, 0.05) is 5.56 Å². The normalized spacial score (nSPS) is 20.0. The third-order valence-corrected chi connectivity index (χ3v) is 6.23. The number of hydrogen-bond donors (Lipinski definition) is 1. The van der Waals surface area contributed by atoms with Crippen molar-refractivity contribution in [3.8, 4) is 5.75 Å². The Balaban J connectivity index is 1.48. The zero-order valence-corrected chi connectivity index (χ0v) is 17.8. The number of benzene rings is 3. The van der Waals surface area contributed by atoms with E-state index in [1.165, 1.54) is 17.0 Å². The molecule has 1 N–H and O–H groups in total. The molecular weight excluding hydrogens is 423 g/mol. The zero-order chi connectivity index (χ0) is 23.1. The first-order chi connectivity index (χ1) is 16.0. The molecule has 0 bridgehead atoms. The Bertz CT molecular complexity index is 1220. The van der Waals surface area contributed by atoms with Crippen molar-refractivity contribution in [1.29, 1.82) is 0 Å². The van der Waals surface area contributed by atoms with Gasteiger partial charge in [-0.1, -0.05) is 42.5 Å². The number of rotatable bonds is 4. The largest absolute Gasteiger partial charge is 0.491 e. The van der Waals surface area contributed by atoms with Gasteiger partial charge in [-0.15, -0.1) is 0 Å². The zero-order valence-electron chi connectivity index (χ0n) is 17.8. The van der Waals surface area contributed by atoms with Crippen LogP contribution in [0.15, 0.2) is 72.8 Å². The van der Waals surface area contributed by atoms with Crippen LogP contribution in [0.3, 0.4) is 0 Å². The lowest BCUT2D eigenvalue weighted by atomic mass is 9.93. The highest BCUT2D eigenvalue weighted by Crippen LogP contribution is 2.40. The average Bonchev–Trinajstić information content (AvgIpc) is 3.09. The van der Waals surface area contributed by atoms with Crippen molar-refractivity contribution in [3.05, 3.63) is 101 Å². The quantitative estimate of drug-likeness (QED) is 0.621. The van der Waals surface area contributed by atoms with Gasteiger partial charge in [0.05, 0.1) is 29.1 Å². The molecular formula is C26H21FN2O4. The van der Waals surface area contributed by atoms with E-state index in [0.29, 0.717) is 28.0 Å². The Morgan fingerprint density at radius 1 is 0.970 bits per heavy atom. The van der Waals surface area contributed by atoms with Gasteiger partial charge in [0.25, 0.3) is 11.8 Å². The number of nitrogens with one attached hydrogen (secondary N) is 1. The highest BCUT2D eigenvalue weighted by molar-refractivity contribution is 6.21. The Morgan fingerprint density at radius 3 is 2.24 bits per heavy atom. The number of carbonyl (C=O) groups is 3. The maximum absolute atomic E-state index is 13.3. The molecule has 3 amide bonds. The van der Waals surface area contributed by atoms with Crippen LogP contribution in [0.1, 0.15) is 50.7 Å². The predicted molar refractivity (Wildman–Crippen MR) is 118 cm³/mol. The molecule has 166 valence electrons. The summed E-state index contributed by atoms with van der Waals surface area (Å²) in [5, 5.41) is 2.96. The van der Waals surface area contributed by atoms with Gasteiger partial charge in [-0.2, -0.15) is 0 Å². The molecule has 2 aliphatic heterocycles. The van der Waals surface area contributed by atoms with Crippen LogP contribution in [0.5, 0.6) is 5.75 Å². The lowest BCUT2D eigenvalue weighted by Crippen LogP contribution is -2.53. The Morgan fingerprint density at radius 2 is 1.58 bits per heavy atom. The van der Waals surface area contributed by atoms with Crippen molar-refractivity contribution in [2.24, 2.45) is 0 Å². The van der Waals surface area contributed by atoms with Crippen LogP contribution in [0.4, 0.5) is 4.39 Å². The Kier molecular flexibility index (Phi) is 5.17. The molecule has 2 heterocycles. The van der Waals surface area contributed by atoms with Crippen LogP contribution in [0.2, 0.25) is 0 Å². The number of hydrogen-bond acceptors (Lipinski definition) is 4. The van der Waals surface area contributed by atoms with E-state index in [2.05, 4.69) is 5.32 Å². The molecule has 0 saturated heterocycles. The van der Waals surface area contributed by atoms with Crippen LogP contribution in [-0.2, 0) is 4.79 Å². The van der Waals surface area contributed by atoms with E-state index >= 15 is 0 Å². The molecule has 0 saturated carbocycles. The van der Waals surface area contributed by atoms with Crippen LogP contribution >= 0.6 is 0 Å². The summed E-state index contributed by atoms with van der Waals surface area (Å²) in [6.45, 7) is 1.81. The first-order valence-electron chi connectivity index (χ1n) is 10.7. The number of ether oxygens (including phenoxy) is 1. The van der Waals surface area contributed by atoms with E-state index in [4.69, 9.17) is 4.74 Å². The highest BCUT2D eigenvalue weighted by atomic mass is 19.1. The fraction of sp³-hybridized carbons (Fsp3) is 0.192. The first-order valence-corrected chi connectivity index (χ1v) is 10.7. The molecule has 6 nitrogen and oxygen atoms in total. The number of para-hydroxylation sites is 1. The predicted octanol–water partition coefficient (Wildman–Crippen LogP) is 3.84. The standard InChI is InChI=1S/C26H21FN2O4/c1-15(16-10-12-17(27)13-11-16)24(30)28-21-14-33-22-9-5-4-8-20(22)23(21)29-25(31)18-6-2-3-7-19(18)26(29)32/h2-13,15,21,23H,14H2,1H3,(H,28,30)/t15?,21-,23-/m1/s1. The van der Waals surface area contributed by atoms with Gasteiger partial charge < -0.3 is 10.1 Å². The third-order valence-electron chi connectivity index (χ3n) is 6.23. The average molecular weight is 444 g/mol. The van der Waals surface area contributed by atoms with Crippen molar-refractivity contribution < 1.29 is 23.5 Å². The number of halogens is 1.